The van der Waals surface area contributed by atoms with E-state index in [1.54, 1.807) is 31.2 Å². The Morgan fingerprint density at radius 1 is 1.10 bits per heavy atom. The molecular weight excluding hydrogens is 409 g/mol. The van der Waals surface area contributed by atoms with E-state index < -0.39 is 32.7 Å². The fraction of sp³-hybridized carbons (Fsp3) is 0.211. The highest BCUT2D eigenvalue weighted by atomic mass is 32.2. The van der Waals surface area contributed by atoms with Gasteiger partial charge in [0.2, 0.25) is 15.6 Å². The number of halogens is 3. The second-order valence-electron chi connectivity index (χ2n) is 6.12. The molecular formula is C19H17F3N2O4S. The van der Waals surface area contributed by atoms with Crippen molar-refractivity contribution in [2.24, 2.45) is 0 Å². The molecule has 0 fully saturated rings. The topological polar surface area (TPSA) is 88.3 Å². The van der Waals surface area contributed by atoms with Crippen LogP contribution in [0.3, 0.4) is 0 Å². The lowest BCUT2D eigenvalue weighted by Crippen LogP contribution is -2.24. The first-order valence-electron chi connectivity index (χ1n) is 8.56. The van der Waals surface area contributed by atoms with Crippen molar-refractivity contribution in [1.82, 2.24) is 9.71 Å². The highest BCUT2D eigenvalue weighted by Crippen LogP contribution is 2.34. The van der Waals surface area contributed by atoms with Crippen molar-refractivity contribution in [3.63, 3.8) is 0 Å². The van der Waals surface area contributed by atoms with E-state index in [9.17, 15) is 26.4 Å². The van der Waals surface area contributed by atoms with Crippen LogP contribution in [0.25, 0.3) is 10.9 Å². The first-order chi connectivity index (χ1) is 13.6. The molecule has 0 bridgehead atoms. The largest absolute Gasteiger partial charge is 0.494 e. The number of nitrogens with one attached hydrogen (secondary N) is 2. The number of fused-ring (bicyclic) bond motifs is 1. The molecule has 1 heterocycles. The lowest BCUT2D eigenvalue weighted by molar-refractivity contribution is -0.136. The Kier molecular flexibility index (Phi) is 5.67. The minimum absolute atomic E-state index is 0.103. The first kappa shape index (κ1) is 20.9. The smallest absolute Gasteiger partial charge is 0.417 e. The fourth-order valence-electron chi connectivity index (χ4n) is 2.84. The van der Waals surface area contributed by atoms with Gasteiger partial charge < -0.3 is 9.72 Å². The van der Waals surface area contributed by atoms with E-state index in [0.29, 0.717) is 24.0 Å². The summed E-state index contributed by atoms with van der Waals surface area (Å²) in [7, 11) is -4.12. The van der Waals surface area contributed by atoms with Crippen LogP contribution in [-0.2, 0) is 22.7 Å². The summed E-state index contributed by atoms with van der Waals surface area (Å²) in [5, 5.41) is -0.408. The number of alkyl halides is 3. The summed E-state index contributed by atoms with van der Waals surface area (Å²) < 4.78 is 72.9. The molecule has 0 amide bonds. The predicted octanol–water partition coefficient (Wildman–Crippen LogP) is 3.42. The zero-order valence-electron chi connectivity index (χ0n) is 15.2. The van der Waals surface area contributed by atoms with Gasteiger partial charge in [0.1, 0.15) is 5.75 Å². The first-order valence-corrected chi connectivity index (χ1v) is 10.0. The molecule has 0 radical (unpaired) electrons. The molecule has 1 aromatic heterocycles. The Morgan fingerprint density at radius 3 is 2.52 bits per heavy atom. The van der Waals surface area contributed by atoms with Gasteiger partial charge in [0.25, 0.3) is 0 Å². The fourth-order valence-corrected chi connectivity index (χ4v) is 3.87. The molecule has 0 spiro atoms. The number of aromatic nitrogens is 1. The number of ether oxygens (including phenoxy) is 1. The van der Waals surface area contributed by atoms with E-state index in [2.05, 4.69) is 9.71 Å². The summed E-state index contributed by atoms with van der Waals surface area (Å²) in [6.45, 7) is 2.08. The zero-order chi connectivity index (χ0) is 21.2. The van der Waals surface area contributed by atoms with Crippen molar-refractivity contribution in [1.29, 1.82) is 0 Å². The number of para-hydroxylation sites is 1. The van der Waals surface area contributed by atoms with Crippen molar-refractivity contribution < 1.29 is 26.3 Å². The lowest BCUT2D eigenvalue weighted by Gasteiger charge is -2.13. The van der Waals surface area contributed by atoms with E-state index in [1.165, 1.54) is 0 Å². The van der Waals surface area contributed by atoms with Crippen LogP contribution < -0.4 is 15.0 Å². The number of benzene rings is 2. The monoisotopic (exact) mass is 426 g/mol. The zero-order valence-corrected chi connectivity index (χ0v) is 16.0. The average Bonchev–Trinajstić information content (AvgIpc) is 2.66. The van der Waals surface area contributed by atoms with Crippen LogP contribution in [0.4, 0.5) is 13.2 Å². The van der Waals surface area contributed by atoms with Crippen LogP contribution in [0.2, 0.25) is 0 Å². The minimum Gasteiger partial charge on any atom is -0.494 e. The van der Waals surface area contributed by atoms with Gasteiger partial charge in [-0.2, -0.15) is 13.2 Å². The van der Waals surface area contributed by atoms with Crippen LogP contribution in [0.5, 0.6) is 5.75 Å². The molecule has 0 aliphatic heterocycles. The average molecular weight is 426 g/mol. The van der Waals surface area contributed by atoms with Crippen LogP contribution in [-0.4, -0.2) is 20.0 Å². The molecule has 0 aliphatic carbocycles. The van der Waals surface area contributed by atoms with Gasteiger partial charge in [-0.3, -0.25) is 4.79 Å². The molecule has 3 aromatic rings. The van der Waals surface area contributed by atoms with E-state index in [4.69, 9.17) is 4.74 Å². The number of H-pyrrole nitrogens is 1. The Morgan fingerprint density at radius 2 is 1.83 bits per heavy atom. The van der Waals surface area contributed by atoms with Crippen molar-refractivity contribution in [2.75, 3.05) is 6.61 Å². The van der Waals surface area contributed by atoms with E-state index >= 15 is 0 Å². The summed E-state index contributed by atoms with van der Waals surface area (Å²) in [5.41, 5.74) is -1.65. The van der Waals surface area contributed by atoms with Gasteiger partial charge in [-0.15, -0.1) is 0 Å². The van der Waals surface area contributed by atoms with Crippen LogP contribution in [0, 0.1) is 0 Å². The van der Waals surface area contributed by atoms with E-state index in [0.717, 1.165) is 18.2 Å². The van der Waals surface area contributed by atoms with Crippen LogP contribution >= 0.6 is 0 Å². The number of pyridine rings is 1. The standard InChI is InChI=1S/C19H17F3N2O4S/c1-2-28-17-6-4-3-5-12(17)11-23-29(26,27)13-7-8-16-14(9-13)15(19(20,21)22)10-18(25)24-16/h3-10,23H,2,11H2,1H3,(H,24,25). The molecule has 0 unspecified atom stereocenters. The van der Waals surface area contributed by atoms with Crippen molar-refractivity contribution in [3.8, 4) is 5.75 Å². The van der Waals surface area contributed by atoms with Crippen molar-refractivity contribution >= 4 is 20.9 Å². The van der Waals surface area contributed by atoms with E-state index in [1.807, 2.05) is 0 Å². The normalized spacial score (nSPS) is 12.3. The Hall–Kier alpha value is -2.85. The van der Waals surface area contributed by atoms with Crippen molar-refractivity contribution in [3.05, 3.63) is 70.0 Å². The number of aromatic amines is 1. The SMILES string of the molecule is CCOc1ccccc1CNS(=O)(=O)c1ccc2[nH]c(=O)cc(C(F)(F)F)c2c1. The number of hydrogen-bond donors (Lipinski definition) is 2. The molecule has 2 N–H and O–H groups in total. The van der Waals surface area contributed by atoms with Gasteiger partial charge >= 0.3 is 6.18 Å². The van der Waals surface area contributed by atoms with Gasteiger partial charge in [-0.25, -0.2) is 13.1 Å². The third-order valence-corrected chi connectivity index (χ3v) is 5.55. The summed E-state index contributed by atoms with van der Waals surface area (Å²) >= 11 is 0. The molecule has 154 valence electrons. The van der Waals surface area contributed by atoms with Crippen LogP contribution in [0.1, 0.15) is 18.1 Å². The summed E-state index contributed by atoms with van der Waals surface area (Å²) in [6, 6.07) is 10.4. The summed E-state index contributed by atoms with van der Waals surface area (Å²) in [4.78, 5) is 13.4. The predicted molar refractivity (Wildman–Crippen MR) is 101 cm³/mol. The third-order valence-electron chi connectivity index (χ3n) is 4.16. The van der Waals surface area contributed by atoms with E-state index in [-0.39, 0.29) is 17.0 Å². The van der Waals surface area contributed by atoms with Gasteiger partial charge in [0, 0.05) is 29.1 Å². The minimum atomic E-state index is -4.81. The molecule has 0 atom stereocenters. The Balaban J connectivity index is 1.97. The van der Waals surface area contributed by atoms with Gasteiger partial charge in [0.05, 0.1) is 17.1 Å². The van der Waals surface area contributed by atoms with Gasteiger partial charge in [-0.1, -0.05) is 18.2 Å². The maximum absolute atomic E-state index is 13.3. The summed E-state index contributed by atoms with van der Waals surface area (Å²) in [6.07, 6.45) is -4.81. The quantitative estimate of drug-likeness (QED) is 0.632. The molecule has 3 rings (SSSR count). The maximum Gasteiger partial charge on any atom is 0.417 e. The Labute approximate surface area is 164 Å². The highest BCUT2D eigenvalue weighted by molar-refractivity contribution is 7.89. The molecule has 2 aromatic carbocycles. The molecule has 10 heteroatoms. The molecule has 0 aliphatic rings. The summed E-state index contributed by atoms with van der Waals surface area (Å²) in [5.74, 6) is 0.508. The number of sulfonamides is 1. The highest BCUT2D eigenvalue weighted by Gasteiger charge is 2.33. The molecule has 29 heavy (non-hydrogen) atoms. The second kappa shape index (κ2) is 7.88. The van der Waals surface area contributed by atoms with Crippen molar-refractivity contribution in [2.45, 2.75) is 24.5 Å². The third kappa shape index (κ3) is 4.60. The van der Waals surface area contributed by atoms with Crippen LogP contribution in [0.15, 0.2) is 58.2 Å². The number of rotatable bonds is 6. The molecule has 0 saturated carbocycles. The maximum atomic E-state index is 13.3. The second-order valence-corrected chi connectivity index (χ2v) is 7.88. The molecule has 6 nitrogen and oxygen atoms in total. The molecule has 0 saturated heterocycles. The van der Waals surface area contributed by atoms with Gasteiger partial charge in [0.15, 0.2) is 0 Å². The van der Waals surface area contributed by atoms with Gasteiger partial charge in [-0.05, 0) is 31.2 Å². The Bertz CT molecular complexity index is 1200. The lowest BCUT2D eigenvalue weighted by atomic mass is 10.1. The number of hydrogen-bond acceptors (Lipinski definition) is 4.